The number of carbonyl (C=O) groups excluding carboxylic acids is 1. The monoisotopic (exact) mass is 421 g/mol. The second-order valence-corrected chi connectivity index (χ2v) is 7.85. The minimum Gasteiger partial charge on any atom is -0.439 e. The standard InChI is InChI=1S/C27H23N3O2/c31-27(30-24-15-7-9-19-8-4-5-14-23(19)24)21-11-6-10-20(16-21)25-17-26(29-18-28-25)32-22-12-2-1-3-13-22/h1-6,8,10-14,16-18,24H,7,9,15H2,(H,30,31)/t24-/m0/s1. The summed E-state index contributed by atoms with van der Waals surface area (Å²) >= 11 is 0. The first kappa shape index (κ1) is 19.9. The zero-order chi connectivity index (χ0) is 21.8. The number of aromatic nitrogens is 2. The van der Waals surface area contributed by atoms with Crippen LogP contribution in [-0.4, -0.2) is 15.9 Å². The number of para-hydroxylation sites is 1. The Morgan fingerprint density at radius 2 is 1.75 bits per heavy atom. The Balaban J connectivity index is 1.35. The fourth-order valence-corrected chi connectivity index (χ4v) is 4.13. The fraction of sp³-hybridized carbons (Fsp3) is 0.148. The van der Waals surface area contributed by atoms with Crippen molar-refractivity contribution in [3.63, 3.8) is 0 Å². The van der Waals surface area contributed by atoms with Gasteiger partial charge in [0.2, 0.25) is 5.88 Å². The van der Waals surface area contributed by atoms with Crippen molar-refractivity contribution in [1.82, 2.24) is 15.3 Å². The molecule has 5 heteroatoms. The van der Waals surface area contributed by atoms with Crippen molar-refractivity contribution < 1.29 is 9.53 Å². The molecular formula is C27H23N3O2. The third kappa shape index (κ3) is 4.37. The Bertz CT molecular complexity index is 1240. The maximum atomic E-state index is 13.0. The van der Waals surface area contributed by atoms with Crippen molar-refractivity contribution in [1.29, 1.82) is 0 Å². The summed E-state index contributed by atoms with van der Waals surface area (Å²) in [4.78, 5) is 21.6. The molecule has 1 heterocycles. The van der Waals surface area contributed by atoms with Gasteiger partial charge < -0.3 is 10.1 Å². The van der Waals surface area contributed by atoms with Crippen molar-refractivity contribution >= 4 is 5.91 Å². The number of nitrogens with zero attached hydrogens (tertiary/aromatic N) is 2. The smallest absolute Gasteiger partial charge is 0.251 e. The molecule has 1 aliphatic rings. The van der Waals surface area contributed by atoms with E-state index in [9.17, 15) is 4.79 Å². The average Bonchev–Trinajstić information content (AvgIpc) is 2.85. The van der Waals surface area contributed by atoms with Gasteiger partial charge in [-0.25, -0.2) is 9.97 Å². The number of benzene rings is 3. The third-order valence-electron chi connectivity index (χ3n) is 5.70. The maximum Gasteiger partial charge on any atom is 0.251 e. The van der Waals surface area contributed by atoms with Gasteiger partial charge in [0.1, 0.15) is 12.1 Å². The molecule has 158 valence electrons. The Kier molecular flexibility index (Phi) is 5.62. The Morgan fingerprint density at radius 3 is 2.66 bits per heavy atom. The second-order valence-electron chi connectivity index (χ2n) is 7.85. The SMILES string of the molecule is O=C(N[C@H]1CCCc2ccccc21)c1cccc(-c2cc(Oc3ccccc3)ncn2)c1. The molecule has 3 aromatic carbocycles. The van der Waals surface area contributed by atoms with Gasteiger partial charge in [-0.2, -0.15) is 0 Å². The molecule has 0 radical (unpaired) electrons. The molecule has 0 saturated carbocycles. The molecule has 5 rings (SSSR count). The van der Waals surface area contributed by atoms with Crippen LogP contribution in [0.5, 0.6) is 11.6 Å². The zero-order valence-corrected chi connectivity index (χ0v) is 17.6. The molecule has 0 spiro atoms. The summed E-state index contributed by atoms with van der Waals surface area (Å²) in [7, 11) is 0. The van der Waals surface area contributed by atoms with Crippen molar-refractivity contribution in [3.05, 3.63) is 108 Å². The molecule has 0 saturated heterocycles. The van der Waals surface area contributed by atoms with E-state index in [1.54, 1.807) is 6.07 Å². The van der Waals surface area contributed by atoms with Gasteiger partial charge >= 0.3 is 0 Å². The van der Waals surface area contributed by atoms with Gasteiger partial charge in [0.25, 0.3) is 5.91 Å². The van der Waals surface area contributed by atoms with Crippen LogP contribution in [0.1, 0.15) is 40.4 Å². The molecule has 0 aliphatic heterocycles. The summed E-state index contributed by atoms with van der Waals surface area (Å²) in [6.45, 7) is 0. The highest BCUT2D eigenvalue weighted by Gasteiger charge is 2.22. The molecular weight excluding hydrogens is 398 g/mol. The molecule has 1 amide bonds. The third-order valence-corrected chi connectivity index (χ3v) is 5.70. The number of carbonyl (C=O) groups is 1. The quantitative estimate of drug-likeness (QED) is 0.446. The molecule has 4 aromatic rings. The maximum absolute atomic E-state index is 13.0. The van der Waals surface area contributed by atoms with E-state index in [0.29, 0.717) is 22.9 Å². The van der Waals surface area contributed by atoms with Crippen molar-refractivity contribution in [3.8, 4) is 22.9 Å². The van der Waals surface area contributed by atoms with E-state index in [1.807, 2.05) is 60.7 Å². The van der Waals surface area contributed by atoms with E-state index in [0.717, 1.165) is 24.8 Å². The molecule has 1 aromatic heterocycles. The van der Waals surface area contributed by atoms with Crippen molar-refractivity contribution in [2.45, 2.75) is 25.3 Å². The topological polar surface area (TPSA) is 64.1 Å². The lowest BCUT2D eigenvalue weighted by Crippen LogP contribution is -2.30. The summed E-state index contributed by atoms with van der Waals surface area (Å²) in [6, 6.07) is 27.2. The van der Waals surface area contributed by atoms with Gasteiger partial charge in [-0.05, 0) is 54.7 Å². The van der Waals surface area contributed by atoms with Crippen LogP contribution in [-0.2, 0) is 6.42 Å². The van der Waals surface area contributed by atoms with Crippen LogP contribution in [0.25, 0.3) is 11.3 Å². The van der Waals surface area contributed by atoms with E-state index in [1.165, 1.54) is 17.5 Å². The van der Waals surface area contributed by atoms with Crippen LogP contribution in [0.15, 0.2) is 91.3 Å². The first-order valence-corrected chi connectivity index (χ1v) is 10.8. The molecule has 0 unspecified atom stereocenters. The lowest BCUT2D eigenvalue weighted by molar-refractivity contribution is 0.0933. The number of amides is 1. The van der Waals surface area contributed by atoms with E-state index in [4.69, 9.17) is 4.74 Å². The first-order valence-electron chi connectivity index (χ1n) is 10.8. The predicted octanol–water partition coefficient (Wildman–Crippen LogP) is 5.74. The number of hydrogen-bond donors (Lipinski definition) is 1. The highest BCUT2D eigenvalue weighted by Crippen LogP contribution is 2.30. The molecule has 0 fully saturated rings. The van der Waals surface area contributed by atoms with E-state index >= 15 is 0 Å². The van der Waals surface area contributed by atoms with Crippen LogP contribution >= 0.6 is 0 Å². The Hall–Kier alpha value is -3.99. The summed E-state index contributed by atoms with van der Waals surface area (Å²) in [5.41, 5.74) is 4.69. The summed E-state index contributed by atoms with van der Waals surface area (Å²) < 4.78 is 5.82. The fourth-order valence-electron chi connectivity index (χ4n) is 4.13. The molecule has 1 aliphatic carbocycles. The highest BCUT2D eigenvalue weighted by atomic mass is 16.5. The average molecular weight is 422 g/mol. The van der Waals surface area contributed by atoms with Gasteiger partial charge in [0.15, 0.2) is 0 Å². The van der Waals surface area contributed by atoms with E-state index in [2.05, 4.69) is 33.5 Å². The van der Waals surface area contributed by atoms with Gasteiger partial charge in [0, 0.05) is 17.2 Å². The molecule has 0 bridgehead atoms. The number of nitrogens with one attached hydrogen (secondary N) is 1. The number of rotatable bonds is 5. The van der Waals surface area contributed by atoms with Crippen LogP contribution in [0.4, 0.5) is 0 Å². The van der Waals surface area contributed by atoms with Crippen LogP contribution in [0.2, 0.25) is 0 Å². The number of hydrogen-bond acceptors (Lipinski definition) is 4. The highest BCUT2D eigenvalue weighted by molar-refractivity contribution is 5.95. The zero-order valence-electron chi connectivity index (χ0n) is 17.6. The number of fused-ring (bicyclic) bond motifs is 1. The van der Waals surface area contributed by atoms with Gasteiger partial charge in [0.05, 0.1) is 11.7 Å². The lowest BCUT2D eigenvalue weighted by atomic mass is 9.87. The lowest BCUT2D eigenvalue weighted by Gasteiger charge is -2.26. The van der Waals surface area contributed by atoms with Gasteiger partial charge in [-0.3, -0.25) is 4.79 Å². The van der Waals surface area contributed by atoms with Crippen LogP contribution < -0.4 is 10.1 Å². The Morgan fingerprint density at radius 1 is 0.906 bits per heavy atom. The molecule has 1 N–H and O–H groups in total. The van der Waals surface area contributed by atoms with Crippen molar-refractivity contribution in [2.24, 2.45) is 0 Å². The largest absolute Gasteiger partial charge is 0.439 e. The van der Waals surface area contributed by atoms with E-state index < -0.39 is 0 Å². The number of aryl methyl sites for hydroxylation is 1. The normalized spacial score (nSPS) is 14.9. The van der Waals surface area contributed by atoms with Crippen molar-refractivity contribution in [2.75, 3.05) is 0 Å². The Labute approximate surface area is 187 Å². The predicted molar refractivity (Wildman–Crippen MR) is 124 cm³/mol. The van der Waals surface area contributed by atoms with Gasteiger partial charge in [-0.15, -0.1) is 0 Å². The first-order chi connectivity index (χ1) is 15.8. The minimum atomic E-state index is -0.0802. The van der Waals surface area contributed by atoms with Gasteiger partial charge in [-0.1, -0.05) is 54.6 Å². The van der Waals surface area contributed by atoms with Crippen LogP contribution in [0.3, 0.4) is 0 Å². The molecule has 1 atom stereocenters. The number of ether oxygens (including phenoxy) is 1. The molecule has 32 heavy (non-hydrogen) atoms. The summed E-state index contributed by atoms with van der Waals surface area (Å²) in [5, 5.41) is 3.22. The summed E-state index contributed by atoms with van der Waals surface area (Å²) in [6.07, 6.45) is 4.57. The van der Waals surface area contributed by atoms with Crippen LogP contribution in [0, 0.1) is 0 Å². The molecule has 5 nitrogen and oxygen atoms in total. The summed E-state index contributed by atoms with van der Waals surface area (Å²) in [5.74, 6) is 1.08. The second kappa shape index (κ2) is 9.02. The van der Waals surface area contributed by atoms with E-state index in [-0.39, 0.29) is 11.9 Å². The minimum absolute atomic E-state index is 0.0426.